The highest BCUT2D eigenvalue weighted by atomic mass is 16.5. The first-order valence-corrected chi connectivity index (χ1v) is 12.4. The Kier molecular flexibility index (Phi) is 4.60. The van der Waals surface area contributed by atoms with E-state index in [1.165, 1.54) is 39.0 Å². The third kappa shape index (κ3) is 2.72. The number of carbonyl (C=O) groups excluding carboxylic acids is 1. The molecule has 0 unspecified atom stereocenters. The van der Waals surface area contributed by atoms with Crippen LogP contribution >= 0.6 is 0 Å². The van der Waals surface area contributed by atoms with E-state index in [9.17, 15) is 9.90 Å². The first kappa shape index (κ1) is 21.6. The second-order valence-corrected chi connectivity index (χ2v) is 12.6. The minimum absolute atomic E-state index is 0.0928. The van der Waals surface area contributed by atoms with Crippen LogP contribution in [0.25, 0.3) is 0 Å². The van der Waals surface area contributed by atoms with E-state index >= 15 is 0 Å². The van der Waals surface area contributed by atoms with Gasteiger partial charge in [-0.2, -0.15) is 0 Å². The molecule has 3 saturated carbocycles. The summed E-state index contributed by atoms with van der Waals surface area (Å²) in [5, 5.41) is 11.7. The van der Waals surface area contributed by atoms with Gasteiger partial charge in [0.15, 0.2) is 0 Å². The minimum Gasteiger partial charge on any atom is -0.468 e. The molecule has 0 spiro atoms. The van der Waals surface area contributed by atoms with Crippen LogP contribution in [0.15, 0.2) is 16.7 Å². The van der Waals surface area contributed by atoms with Gasteiger partial charge in [-0.3, -0.25) is 4.79 Å². The molecular formula is C27H40O4. The summed E-state index contributed by atoms with van der Waals surface area (Å²) < 4.78 is 11.9. The maximum atomic E-state index is 11.9. The Labute approximate surface area is 187 Å². The van der Waals surface area contributed by atoms with Crippen LogP contribution in [0.1, 0.15) is 104 Å². The summed E-state index contributed by atoms with van der Waals surface area (Å²) in [6.07, 6.45) is 8.88. The van der Waals surface area contributed by atoms with Crippen LogP contribution in [-0.4, -0.2) is 17.2 Å². The lowest BCUT2D eigenvalue weighted by molar-refractivity contribution is -0.217. The topological polar surface area (TPSA) is 59.7 Å². The summed E-state index contributed by atoms with van der Waals surface area (Å²) in [5.41, 5.74) is 1.22. The molecule has 1 heterocycles. The molecule has 4 heteroatoms. The van der Waals surface area contributed by atoms with E-state index < -0.39 is 11.5 Å². The molecule has 1 N–H and O–H groups in total. The Bertz CT molecular complexity index is 886. The van der Waals surface area contributed by atoms with Gasteiger partial charge in [0, 0.05) is 12.5 Å². The van der Waals surface area contributed by atoms with Gasteiger partial charge in [-0.25, -0.2) is 0 Å². The zero-order valence-electron chi connectivity index (χ0n) is 20.2. The predicted octanol–water partition coefficient (Wildman–Crippen LogP) is 6.17. The third-order valence-corrected chi connectivity index (χ3v) is 10.8. The summed E-state index contributed by atoms with van der Waals surface area (Å²) in [6.45, 7) is 13.6. The van der Waals surface area contributed by atoms with Crippen LogP contribution in [0, 0.1) is 34.0 Å². The number of ether oxygens (including phenoxy) is 1. The van der Waals surface area contributed by atoms with Crippen molar-refractivity contribution in [1.82, 2.24) is 0 Å². The molecule has 3 fully saturated rings. The van der Waals surface area contributed by atoms with Crippen LogP contribution in [0.2, 0.25) is 0 Å². The zero-order chi connectivity index (χ0) is 22.4. The van der Waals surface area contributed by atoms with Crippen molar-refractivity contribution in [3.05, 3.63) is 23.7 Å². The number of hydrogen-bond donors (Lipinski definition) is 1. The average molecular weight is 429 g/mol. The van der Waals surface area contributed by atoms with E-state index in [-0.39, 0.29) is 28.8 Å². The largest absolute Gasteiger partial charge is 0.468 e. The van der Waals surface area contributed by atoms with Crippen molar-refractivity contribution in [2.24, 2.45) is 34.0 Å². The molecule has 4 aliphatic carbocycles. The summed E-state index contributed by atoms with van der Waals surface area (Å²) in [6, 6.07) is 1.94. The number of aliphatic hydroxyl groups is 1. The summed E-state index contributed by atoms with van der Waals surface area (Å²) in [7, 11) is 0. The van der Waals surface area contributed by atoms with Gasteiger partial charge < -0.3 is 14.3 Å². The first-order chi connectivity index (χ1) is 14.4. The van der Waals surface area contributed by atoms with Gasteiger partial charge in [0.25, 0.3) is 0 Å². The normalized spacial score (nSPS) is 48.0. The van der Waals surface area contributed by atoms with Gasteiger partial charge in [-0.05, 0) is 85.5 Å². The molecule has 1 aromatic heterocycles. The maximum absolute atomic E-state index is 11.9. The number of fused-ring (bicyclic) bond motifs is 7. The molecule has 1 aromatic rings. The van der Waals surface area contributed by atoms with E-state index in [4.69, 9.17) is 9.15 Å². The van der Waals surface area contributed by atoms with Crippen molar-refractivity contribution in [3.63, 3.8) is 0 Å². The Balaban J connectivity index is 1.61. The second-order valence-electron chi connectivity index (χ2n) is 12.6. The van der Waals surface area contributed by atoms with E-state index in [1.807, 2.05) is 6.07 Å². The van der Waals surface area contributed by atoms with Crippen LogP contribution in [-0.2, 0) is 14.9 Å². The van der Waals surface area contributed by atoms with Crippen molar-refractivity contribution < 1.29 is 19.1 Å². The Morgan fingerprint density at radius 3 is 2.45 bits per heavy atom. The molecule has 172 valence electrons. The number of hydrogen-bond acceptors (Lipinski definition) is 4. The molecule has 0 aliphatic heterocycles. The molecule has 0 amide bonds. The van der Waals surface area contributed by atoms with Crippen LogP contribution in [0.5, 0.6) is 0 Å². The number of esters is 1. The fourth-order valence-electron chi connectivity index (χ4n) is 9.51. The van der Waals surface area contributed by atoms with Crippen molar-refractivity contribution in [1.29, 1.82) is 0 Å². The lowest BCUT2D eigenvalue weighted by Gasteiger charge is -2.69. The molecule has 4 nitrogen and oxygen atoms in total. The van der Waals surface area contributed by atoms with Crippen LogP contribution < -0.4 is 0 Å². The number of carbonyl (C=O) groups is 1. The Morgan fingerprint density at radius 2 is 1.74 bits per heavy atom. The molecular weight excluding hydrogens is 388 g/mol. The van der Waals surface area contributed by atoms with E-state index in [0.717, 1.165) is 24.2 Å². The predicted molar refractivity (Wildman–Crippen MR) is 119 cm³/mol. The molecule has 0 radical (unpaired) electrons. The van der Waals surface area contributed by atoms with E-state index in [0.29, 0.717) is 17.3 Å². The van der Waals surface area contributed by atoms with Gasteiger partial charge >= 0.3 is 5.97 Å². The fraction of sp³-hybridized carbons (Fsp3) is 0.815. The van der Waals surface area contributed by atoms with Crippen molar-refractivity contribution in [2.45, 2.75) is 104 Å². The highest BCUT2D eigenvalue weighted by Gasteiger charge is 2.68. The molecule has 4 aliphatic rings. The van der Waals surface area contributed by atoms with Gasteiger partial charge in [0.2, 0.25) is 0 Å². The van der Waals surface area contributed by atoms with Crippen molar-refractivity contribution in [3.8, 4) is 0 Å². The van der Waals surface area contributed by atoms with Crippen molar-refractivity contribution >= 4 is 5.97 Å². The quantitative estimate of drug-likeness (QED) is 0.543. The molecule has 0 bridgehead atoms. The zero-order valence-corrected chi connectivity index (χ0v) is 20.2. The molecule has 31 heavy (non-hydrogen) atoms. The number of furan rings is 1. The summed E-state index contributed by atoms with van der Waals surface area (Å²) >= 11 is 0. The van der Waals surface area contributed by atoms with Crippen molar-refractivity contribution in [2.75, 3.05) is 0 Å². The molecule has 0 aromatic carbocycles. The number of rotatable bonds is 1. The fourth-order valence-corrected chi connectivity index (χ4v) is 9.51. The smallest absolute Gasteiger partial charge is 0.303 e. The molecule has 5 rings (SSSR count). The Hall–Kier alpha value is -1.29. The highest BCUT2D eigenvalue weighted by molar-refractivity contribution is 5.66. The lowest BCUT2D eigenvalue weighted by Crippen LogP contribution is -2.66. The lowest BCUT2D eigenvalue weighted by atomic mass is 9.35. The number of aliphatic hydroxyl groups excluding tert-OH is 1. The van der Waals surface area contributed by atoms with Gasteiger partial charge in [0.05, 0.1) is 17.8 Å². The minimum atomic E-state index is -0.445. The average Bonchev–Trinajstić information content (AvgIpc) is 3.16. The monoisotopic (exact) mass is 428 g/mol. The molecule has 0 saturated heterocycles. The summed E-state index contributed by atoms with van der Waals surface area (Å²) in [4.78, 5) is 11.9. The molecule has 8 atom stereocenters. The van der Waals surface area contributed by atoms with Crippen LogP contribution in [0.4, 0.5) is 0 Å². The van der Waals surface area contributed by atoms with Gasteiger partial charge in [-0.1, -0.05) is 34.1 Å². The third-order valence-electron chi connectivity index (χ3n) is 10.8. The highest BCUT2D eigenvalue weighted by Crippen LogP contribution is 2.72. The summed E-state index contributed by atoms with van der Waals surface area (Å²) in [5.74, 6) is 2.00. The van der Waals surface area contributed by atoms with Crippen LogP contribution in [0.3, 0.4) is 0 Å². The second kappa shape index (κ2) is 6.62. The van der Waals surface area contributed by atoms with Gasteiger partial charge in [-0.15, -0.1) is 0 Å². The standard InChI is InChI=1S/C27H40O4/c1-16(28)31-18-14-21-26(5)12-8-19-24(2,3)10-7-11-25(19,4)20(26)15-22(29)27(21,6)23-17(18)9-13-30-23/h9,13,18-22,29H,7-8,10-12,14-15H2,1-6H3/t18-,19+,20-,21+,22-,25+,26-,27-/m1/s1. The van der Waals surface area contributed by atoms with E-state index in [2.05, 4.69) is 34.6 Å². The SMILES string of the molecule is CC(=O)O[C@@H]1C[C@H]2[C@]3(C)CC[C@H]4C(C)(C)CCC[C@]4(C)[C@H]3C[C@@H](O)[C@]2(C)c2occc21. The Morgan fingerprint density at radius 1 is 1.03 bits per heavy atom. The van der Waals surface area contributed by atoms with Gasteiger partial charge in [0.1, 0.15) is 11.9 Å². The maximum Gasteiger partial charge on any atom is 0.303 e. The first-order valence-electron chi connectivity index (χ1n) is 12.4. The van der Waals surface area contributed by atoms with E-state index in [1.54, 1.807) is 6.26 Å².